The van der Waals surface area contributed by atoms with Gasteiger partial charge in [0, 0.05) is 27.9 Å². The molecule has 1 heterocycles. The Kier molecular flexibility index (Phi) is 4.98. The van der Waals surface area contributed by atoms with Crippen molar-refractivity contribution in [2.45, 2.75) is 17.4 Å². The van der Waals surface area contributed by atoms with Crippen molar-refractivity contribution in [2.75, 3.05) is 13.6 Å². The Morgan fingerprint density at radius 3 is 2.55 bits per heavy atom. The lowest BCUT2D eigenvalue weighted by Gasteiger charge is -2.33. The summed E-state index contributed by atoms with van der Waals surface area (Å²) in [5.41, 5.74) is 6.95. The molecular formula is C21H19ClN2O4S. The Bertz CT molecular complexity index is 1230. The summed E-state index contributed by atoms with van der Waals surface area (Å²) in [6, 6.07) is 14.3. The van der Waals surface area contributed by atoms with E-state index in [-0.39, 0.29) is 10.6 Å². The molecule has 0 fully saturated rings. The van der Waals surface area contributed by atoms with Crippen LogP contribution in [0.5, 0.6) is 5.75 Å². The van der Waals surface area contributed by atoms with Gasteiger partial charge in [-0.05, 0) is 37.2 Å². The summed E-state index contributed by atoms with van der Waals surface area (Å²) in [6.07, 6.45) is 0.663. The Morgan fingerprint density at radius 2 is 1.83 bits per heavy atom. The predicted octanol–water partition coefficient (Wildman–Crippen LogP) is 3.28. The second-order valence-corrected chi connectivity index (χ2v) is 8.91. The first-order valence-corrected chi connectivity index (χ1v) is 10.8. The van der Waals surface area contributed by atoms with Gasteiger partial charge in [0.2, 0.25) is 5.91 Å². The largest absolute Gasteiger partial charge is 0.379 e. The highest BCUT2D eigenvalue weighted by Crippen LogP contribution is 2.38. The second kappa shape index (κ2) is 7.33. The summed E-state index contributed by atoms with van der Waals surface area (Å²) >= 11 is 6.21. The van der Waals surface area contributed by atoms with Crippen molar-refractivity contribution < 1.29 is 17.4 Å². The minimum Gasteiger partial charge on any atom is -0.379 e. The lowest BCUT2D eigenvalue weighted by Crippen LogP contribution is -2.40. The van der Waals surface area contributed by atoms with Crippen LogP contribution in [0.1, 0.15) is 17.2 Å². The lowest BCUT2D eigenvalue weighted by atomic mass is 9.92. The van der Waals surface area contributed by atoms with E-state index in [0.29, 0.717) is 34.3 Å². The molecule has 0 radical (unpaired) electrons. The SMILES string of the molecule is CN1CCc2cccc(OS(=O)(=O)c3ccc(Cl)c4ccccc34)c2C1C(N)=O. The Labute approximate surface area is 174 Å². The average Bonchev–Trinajstić information content (AvgIpc) is 2.68. The molecule has 2 N–H and O–H groups in total. The van der Waals surface area contributed by atoms with Crippen molar-refractivity contribution in [1.82, 2.24) is 4.90 Å². The third kappa shape index (κ3) is 3.46. The highest BCUT2D eigenvalue weighted by molar-refractivity contribution is 7.87. The van der Waals surface area contributed by atoms with Crippen LogP contribution >= 0.6 is 11.6 Å². The average molecular weight is 431 g/mol. The maximum atomic E-state index is 13.2. The van der Waals surface area contributed by atoms with Crippen LogP contribution in [0.2, 0.25) is 5.02 Å². The van der Waals surface area contributed by atoms with Crippen molar-refractivity contribution in [3.8, 4) is 5.75 Å². The number of carbonyl (C=O) groups excluding carboxylic acids is 1. The molecule has 0 saturated heterocycles. The molecule has 0 aliphatic carbocycles. The van der Waals surface area contributed by atoms with E-state index in [9.17, 15) is 13.2 Å². The molecule has 0 spiro atoms. The molecule has 3 aromatic rings. The van der Waals surface area contributed by atoms with Gasteiger partial charge >= 0.3 is 10.1 Å². The molecule has 29 heavy (non-hydrogen) atoms. The zero-order valence-corrected chi connectivity index (χ0v) is 17.2. The van der Waals surface area contributed by atoms with Gasteiger partial charge in [-0.1, -0.05) is 48.0 Å². The molecule has 6 nitrogen and oxygen atoms in total. The maximum Gasteiger partial charge on any atom is 0.339 e. The van der Waals surface area contributed by atoms with Crippen molar-refractivity contribution in [3.05, 3.63) is 70.7 Å². The highest BCUT2D eigenvalue weighted by atomic mass is 35.5. The first-order valence-electron chi connectivity index (χ1n) is 9.02. The summed E-state index contributed by atoms with van der Waals surface area (Å²) in [4.78, 5) is 13.9. The zero-order valence-electron chi connectivity index (χ0n) is 15.6. The highest BCUT2D eigenvalue weighted by Gasteiger charge is 2.34. The first-order chi connectivity index (χ1) is 13.8. The van der Waals surface area contributed by atoms with E-state index >= 15 is 0 Å². The number of primary amides is 1. The van der Waals surface area contributed by atoms with Crippen LogP contribution in [-0.2, 0) is 21.3 Å². The molecule has 1 aliphatic heterocycles. The number of carbonyl (C=O) groups is 1. The van der Waals surface area contributed by atoms with Gasteiger partial charge in [-0.2, -0.15) is 8.42 Å². The van der Waals surface area contributed by atoms with Crippen molar-refractivity contribution in [1.29, 1.82) is 0 Å². The van der Waals surface area contributed by atoms with Gasteiger partial charge in [0.15, 0.2) is 0 Å². The van der Waals surface area contributed by atoms with Crippen LogP contribution in [-0.4, -0.2) is 32.8 Å². The van der Waals surface area contributed by atoms with Gasteiger partial charge in [0.25, 0.3) is 0 Å². The minimum absolute atomic E-state index is 0.00916. The van der Waals surface area contributed by atoms with Gasteiger partial charge < -0.3 is 9.92 Å². The Morgan fingerprint density at radius 1 is 1.10 bits per heavy atom. The summed E-state index contributed by atoms with van der Waals surface area (Å²) in [6.45, 7) is 0.638. The van der Waals surface area contributed by atoms with E-state index in [4.69, 9.17) is 21.5 Å². The van der Waals surface area contributed by atoms with Gasteiger partial charge in [-0.15, -0.1) is 0 Å². The zero-order chi connectivity index (χ0) is 20.8. The van der Waals surface area contributed by atoms with Gasteiger partial charge in [-0.25, -0.2) is 0 Å². The molecule has 3 aromatic carbocycles. The van der Waals surface area contributed by atoms with E-state index in [1.807, 2.05) is 6.07 Å². The summed E-state index contributed by atoms with van der Waals surface area (Å²) in [7, 11) is -2.41. The molecule has 0 aromatic heterocycles. The minimum atomic E-state index is -4.19. The van der Waals surface area contributed by atoms with Crippen LogP contribution in [0.25, 0.3) is 10.8 Å². The van der Waals surface area contributed by atoms with Gasteiger partial charge in [0.1, 0.15) is 16.7 Å². The molecule has 1 unspecified atom stereocenters. The van der Waals surface area contributed by atoms with Crippen molar-refractivity contribution >= 4 is 38.4 Å². The monoisotopic (exact) mass is 430 g/mol. The predicted molar refractivity (Wildman–Crippen MR) is 111 cm³/mol. The molecule has 0 saturated carbocycles. The number of benzene rings is 3. The number of hydrogen-bond donors (Lipinski definition) is 1. The van der Waals surface area contributed by atoms with Gasteiger partial charge in [-0.3, -0.25) is 9.69 Å². The maximum absolute atomic E-state index is 13.2. The first kappa shape index (κ1) is 19.7. The van der Waals surface area contributed by atoms with Crippen molar-refractivity contribution in [3.63, 3.8) is 0 Å². The third-order valence-electron chi connectivity index (χ3n) is 5.17. The molecule has 1 atom stereocenters. The molecule has 4 rings (SSSR count). The van der Waals surface area contributed by atoms with Crippen LogP contribution < -0.4 is 9.92 Å². The molecule has 150 valence electrons. The Hall–Kier alpha value is -2.61. The number of hydrogen-bond acceptors (Lipinski definition) is 5. The molecule has 1 aliphatic rings. The van der Waals surface area contributed by atoms with E-state index in [1.54, 1.807) is 48.3 Å². The van der Waals surface area contributed by atoms with E-state index in [0.717, 1.165) is 5.56 Å². The molecule has 8 heteroatoms. The summed E-state index contributed by atoms with van der Waals surface area (Å²) < 4.78 is 31.9. The standard InChI is InChI=1S/C21H19ClN2O4S/c1-24-12-11-13-5-4-8-17(19(13)20(24)21(23)25)28-29(26,27)18-10-9-16(22)14-6-2-3-7-15(14)18/h2-10,20H,11-12H2,1H3,(H2,23,25). The normalized spacial score (nSPS) is 17.1. The van der Waals surface area contributed by atoms with Crippen LogP contribution in [0.3, 0.4) is 0 Å². The van der Waals surface area contributed by atoms with Crippen LogP contribution in [0.4, 0.5) is 0 Å². The van der Waals surface area contributed by atoms with Gasteiger partial charge in [0.05, 0.1) is 0 Å². The van der Waals surface area contributed by atoms with E-state index in [1.165, 1.54) is 12.1 Å². The topological polar surface area (TPSA) is 89.7 Å². The number of fused-ring (bicyclic) bond motifs is 2. The number of nitrogens with two attached hydrogens (primary N) is 1. The van der Waals surface area contributed by atoms with E-state index < -0.39 is 22.1 Å². The number of rotatable bonds is 4. The van der Waals surface area contributed by atoms with Crippen LogP contribution in [0.15, 0.2) is 59.5 Å². The number of halogens is 1. The molecular weight excluding hydrogens is 412 g/mol. The summed E-state index contributed by atoms with van der Waals surface area (Å²) in [5, 5.41) is 1.53. The second-order valence-electron chi connectivity index (χ2n) is 6.99. The summed E-state index contributed by atoms with van der Waals surface area (Å²) in [5.74, 6) is -0.448. The fraction of sp³-hybridized carbons (Fsp3) is 0.190. The number of nitrogens with zero attached hydrogens (tertiary/aromatic N) is 1. The Balaban J connectivity index is 1.84. The quantitative estimate of drug-likeness (QED) is 0.641. The smallest absolute Gasteiger partial charge is 0.339 e. The molecule has 0 bridgehead atoms. The fourth-order valence-corrected chi connectivity index (χ4v) is 5.19. The molecule has 1 amide bonds. The number of likely N-dealkylation sites (N-methyl/N-ethyl adjacent to an activating group) is 1. The van der Waals surface area contributed by atoms with Crippen molar-refractivity contribution in [2.24, 2.45) is 5.73 Å². The third-order valence-corrected chi connectivity index (χ3v) is 6.80. The van der Waals surface area contributed by atoms with E-state index in [2.05, 4.69) is 0 Å². The lowest BCUT2D eigenvalue weighted by molar-refractivity contribution is -0.123. The van der Waals surface area contributed by atoms with Crippen LogP contribution in [0, 0.1) is 0 Å². The fourth-order valence-electron chi connectivity index (χ4n) is 3.81. The number of amides is 1.